The Bertz CT molecular complexity index is 447. The molecule has 104 valence electrons. The third-order valence-corrected chi connectivity index (χ3v) is 2.51. The fraction of sp³-hybridized carbons (Fsp3) is 0.500. The smallest absolute Gasteiger partial charge is 0.322 e. The average molecular weight is 271 g/mol. The van der Waals surface area contributed by atoms with Crippen LogP contribution < -0.4 is 10.6 Å². The molecule has 19 heavy (non-hydrogen) atoms. The molecular weight excluding hydrogens is 258 g/mol. The minimum Gasteiger partial charge on any atom is -0.481 e. The van der Waals surface area contributed by atoms with Gasteiger partial charge in [0.1, 0.15) is 6.04 Å². The second-order valence-corrected chi connectivity index (χ2v) is 3.96. The molecule has 0 spiro atoms. The molecule has 1 unspecified atom stereocenters. The molecule has 1 saturated heterocycles. The minimum absolute atomic E-state index is 0.161. The second kappa shape index (κ2) is 5.94. The van der Waals surface area contributed by atoms with Crippen LogP contribution in [0.25, 0.3) is 0 Å². The molecule has 0 aliphatic carbocycles. The Morgan fingerprint density at radius 1 is 1.32 bits per heavy atom. The number of likely N-dealkylation sites (tertiary alicyclic amines) is 1. The van der Waals surface area contributed by atoms with Crippen LogP contribution in [0.2, 0.25) is 0 Å². The first-order valence-electron chi connectivity index (χ1n) is 5.43. The van der Waals surface area contributed by atoms with Crippen LogP contribution in [-0.4, -0.2) is 52.8 Å². The van der Waals surface area contributed by atoms with Crippen LogP contribution in [0, 0.1) is 0 Å². The quantitative estimate of drug-likeness (QED) is 0.529. The summed E-state index contributed by atoms with van der Waals surface area (Å²) in [5, 5.41) is 12.4. The first kappa shape index (κ1) is 14.6. The molecule has 0 saturated carbocycles. The second-order valence-electron chi connectivity index (χ2n) is 3.96. The van der Waals surface area contributed by atoms with Crippen molar-refractivity contribution in [3.63, 3.8) is 0 Å². The Balaban J connectivity index is 2.40. The Kier molecular flexibility index (Phi) is 4.56. The van der Waals surface area contributed by atoms with Crippen molar-refractivity contribution < 1.29 is 29.1 Å². The Hall–Kier alpha value is -2.45. The highest BCUT2D eigenvalue weighted by molar-refractivity contribution is 6.07. The van der Waals surface area contributed by atoms with E-state index in [0.29, 0.717) is 0 Å². The van der Waals surface area contributed by atoms with Gasteiger partial charge in [0.25, 0.3) is 5.91 Å². The lowest BCUT2D eigenvalue weighted by Crippen LogP contribution is -2.47. The number of imide groups is 2. The summed E-state index contributed by atoms with van der Waals surface area (Å²) < 4.78 is 0. The molecular formula is C10H13N3O6. The summed E-state index contributed by atoms with van der Waals surface area (Å²) in [6.45, 7) is 0. The van der Waals surface area contributed by atoms with E-state index in [-0.39, 0.29) is 12.8 Å². The van der Waals surface area contributed by atoms with Gasteiger partial charge in [-0.3, -0.25) is 29.4 Å². The number of amides is 5. The monoisotopic (exact) mass is 271 g/mol. The van der Waals surface area contributed by atoms with Crippen molar-refractivity contribution in [1.82, 2.24) is 15.5 Å². The SMILES string of the molecule is CN1C(=O)CC(NC(=O)NC(=O)CCC(=O)O)C1=O. The van der Waals surface area contributed by atoms with Crippen molar-refractivity contribution in [2.75, 3.05) is 7.05 Å². The van der Waals surface area contributed by atoms with Crippen molar-refractivity contribution in [2.24, 2.45) is 0 Å². The van der Waals surface area contributed by atoms with Crippen LogP contribution in [-0.2, 0) is 19.2 Å². The highest BCUT2D eigenvalue weighted by Crippen LogP contribution is 2.10. The number of carbonyl (C=O) groups is 5. The number of hydrogen-bond acceptors (Lipinski definition) is 5. The number of nitrogens with one attached hydrogen (secondary N) is 2. The zero-order valence-corrected chi connectivity index (χ0v) is 10.1. The van der Waals surface area contributed by atoms with Crippen LogP contribution >= 0.6 is 0 Å². The van der Waals surface area contributed by atoms with Gasteiger partial charge in [-0.25, -0.2) is 4.79 Å². The molecule has 1 aliphatic rings. The fourth-order valence-electron chi connectivity index (χ4n) is 1.47. The summed E-state index contributed by atoms with van der Waals surface area (Å²) in [4.78, 5) is 56.2. The number of rotatable bonds is 4. The molecule has 1 fully saturated rings. The van der Waals surface area contributed by atoms with Crippen LogP contribution in [0.3, 0.4) is 0 Å². The van der Waals surface area contributed by atoms with Crippen LogP contribution in [0.4, 0.5) is 4.79 Å². The summed E-state index contributed by atoms with van der Waals surface area (Å²) in [6.07, 6.45) is -0.908. The number of urea groups is 1. The number of hydrogen-bond donors (Lipinski definition) is 3. The van der Waals surface area contributed by atoms with Gasteiger partial charge in [0.2, 0.25) is 11.8 Å². The number of aliphatic carboxylic acids is 1. The molecule has 0 bridgehead atoms. The zero-order chi connectivity index (χ0) is 14.6. The molecule has 1 rings (SSSR count). The topological polar surface area (TPSA) is 133 Å². The van der Waals surface area contributed by atoms with E-state index in [1.54, 1.807) is 0 Å². The lowest BCUT2D eigenvalue weighted by molar-refractivity contribution is -0.139. The summed E-state index contributed by atoms with van der Waals surface area (Å²) in [5.41, 5.74) is 0. The number of nitrogens with zero attached hydrogens (tertiary/aromatic N) is 1. The van der Waals surface area contributed by atoms with Gasteiger partial charge in [-0.1, -0.05) is 0 Å². The molecule has 0 aromatic heterocycles. The van der Waals surface area contributed by atoms with E-state index in [9.17, 15) is 24.0 Å². The van der Waals surface area contributed by atoms with E-state index in [0.717, 1.165) is 4.90 Å². The highest BCUT2D eigenvalue weighted by atomic mass is 16.4. The van der Waals surface area contributed by atoms with Crippen LogP contribution in [0.15, 0.2) is 0 Å². The maximum atomic E-state index is 11.5. The lowest BCUT2D eigenvalue weighted by atomic mass is 10.2. The normalized spacial score (nSPS) is 18.4. The molecule has 5 amide bonds. The van der Waals surface area contributed by atoms with Crippen molar-refractivity contribution in [3.8, 4) is 0 Å². The standard InChI is InChI=1S/C10H13N3O6/c1-13-7(15)4-5(9(13)18)11-10(19)12-6(14)2-3-8(16)17/h5H,2-4H2,1H3,(H,16,17)(H2,11,12,14,19). The van der Waals surface area contributed by atoms with Gasteiger partial charge in [0, 0.05) is 13.5 Å². The first-order chi connectivity index (χ1) is 8.81. The van der Waals surface area contributed by atoms with E-state index >= 15 is 0 Å². The van der Waals surface area contributed by atoms with Gasteiger partial charge in [0.05, 0.1) is 12.8 Å². The van der Waals surface area contributed by atoms with Gasteiger partial charge >= 0.3 is 12.0 Å². The molecule has 1 atom stereocenters. The molecule has 9 heteroatoms. The molecule has 3 N–H and O–H groups in total. The third kappa shape index (κ3) is 4.05. The van der Waals surface area contributed by atoms with Gasteiger partial charge in [0.15, 0.2) is 0 Å². The molecule has 9 nitrogen and oxygen atoms in total. The number of carbonyl (C=O) groups excluding carboxylic acids is 4. The van der Waals surface area contributed by atoms with Gasteiger partial charge < -0.3 is 10.4 Å². The predicted molar refractivity (Wildman–Crippen MR) is 59.7 cm³/mol. The third-order valence-electron chi connectivity index (χ3n) is 2.51. The summed E-state index contributed by atoms with van der Waals surface area (Å²) in [6, 6.07) is -1.93. The van der Waals surface area contributed by atoms with Crippen LogP contribution in [0.5, 0.6) is 0 Å². The lowest BCUT2D eigenvalue weighted by Gasteiger charge is -2.11. The van der Waals surface area contributed by atoms with E-state index in [1.807, 2.05) is 5.32 Å². The fourth-order valence-corrected chi connectivity index (χ4v) is 1.47. The molecule has 0 aromatic carbocycles. The van der Waals surface area contributed by atoms with Crippen molar-refractivity contribution in [2.45, 2.75) is 25.3 Å². The van der Waals surface area contributed by atoms with Crippen molar-refractivity contribution in [1.29, 1.82) is 0 Å². The predicted octanol–water partition coefficient (Wildman–Crippen LogP) is -1.57. The van der Waals surface area contributed by atoms with Gasteiger partial charge in [-0.05, 0) is 0 Å². The molecule has 1 aliphatic heterocycles. The Morgan fingerprint density at radius 3 is 2.42 bits per heavy atom. The maximum Gasteiger partial charge on any atom is 0.322 e. The van der Waals surface area contributed by atoms with E-state index < -0.39 is 42.2 Å². The van der Waals surface area contributed by atoms with Gasteiger partial charge in [-0.15, -0.1) is 0 Å². The van der Waals surface area contributed by atoms with Gasteiger partial charge in [-0.2, -0.15) is 0 Å². The van der Waals surface area contributed by atoms with Crippen molar-refractivity contribution >= 4 is 29.7 Å². The summed E-state index contributed by atoms with van der Waals surface area (Å²) >= 11 is 0. The average Bonchev–Trinajstić information content (AvgIpc) is 2.54. The van der Waals surface area contributed by atoms with E-state index in [4.69, 9.17) is 5.11 Å². The van der Waals surface area contributed by atoms with E-state index in [1.165, 1.54) is 7.05 Å². The zero-order valence-electron chi connectivity index (χ0n) is 10.1. The minimum atomic E-state index is -1.16. The summed E-state index contributed by atoms with van der Waals surface area (Å²) in [7, 11) is 1.29. The Morgan fingerprint density at radius 2 is 1.95 bits per heavy atom. The molecule has 0 aromatic rings. The summed E-state index contributed by atoms with van der Waals surface area (Å²) in [5.74, 6) is -2.91. The number of carboxylic acid groups (broad SMARTS) is 1. The molecule has 1 heterocycles. The van der Waals surface area contributed by atoms with Crippen LogP contribution in [0.1, 0.15) is 19.3 Å². The number of carboxylic acids is 1. The van der Waals surface area contributed by atoms with E-state index in [2.05, 4.69) is 5.32 Å². The largest absolute Gasteiger partial charge is 0.481 e. The molecule has 0 radical (unpaired) electrons. The Labute approximate surface area is 107 Å². The highest BCUT2D eigenvalue weighted by Gasteiger charge is 2.37. The number of likely N-dealkylation sites (N-methyl/N-ethyl adjacent to an activating group) is 1. The maximum absolute atomic E-state index is 11.5. The van der Waals surface area contributed by atoms with Crippen molar-refractivity contribution in [3.05, 3.63) is 0 Å². The first-order valence-corrected chi connectivity index (χ1v) is 5.43.